The van der Waals surface area contributed by atoms with E-state index in [0.29, 0.717) is 11.6 Å². The summed E-state index contributed by atoms with van der Waals surface area (Å²) in [5.41, 5.74) is 2.84. The standard InChI is InChI=1S/C14H10ClN3/c15-14-8-12(16-9-17-14)7-11-6-5-10-3-1-2-4-13(10)18-11/h1-6,8-9H,7H2. The minimum absolute atomic E-state index is 0.459. The molecule has 0 amide bonds. The molecule has 4 heteroatoms. The summed E-state index contributed by atoms with van der Waals surface area (Å²) >= 11 is 5.83. The molecule has 3 rings (SSSR count). The van der Waals surface area contributed by atoms with Gasteiger partial charge in [-0.15, -0.1) is 0 Å². The van der Waals surface area contributed by atoms with E-state index < -0.39 is 0 Å². The van der Waals surface area contributed by atoms with Crippen LogP contribution in [0.4, 0.5) is 0 Å². The van der Waals surface area contributed by atoms with E-state index in [1.807, 2.05) is 30.3 Å². The first kappa shape index (κ1) is 11.1. The summed E-state index contributed by atoms with van der Waals surface area (Å²) in [6.07, 6.45) is 2.13. The number of fused-ring (bicyclic) bond motifs is 1. The summed E-state index contributed by atoms with van der Waals surface area (Å²) in [5.74, 6) is 0. The van der Waals surface area contributed by atoms with Gasteiger partial charge in [0.25, 0.3) is 0 Å². The van der Waals surface area contributed by atoms with E-state index >= 15 is 0 Å². The van der Waals surface area contributed by atoms with Crippen molar-refractivity contribution in [2.45, 2.75) is 6.42 Å². The molecule has 0 bridgehead atoms. The molecule has 0 N–H and O–H groups in total. The van der Waals surface area contributed by atoms with E-state index in [2.05, 4.69) is 21.0 Å². The lowest BCUT2D eigenvalue weighted by atomic mass is 10.1. The van der Waals surface area contributed by atoms with Crippen molar-refractivity contribution >= 4 is 22.5 Å². The molecule has 0 radical (unpaired) electrons. The van der Waals surface area contributed by atoms with Crippen LogP contribution < -0.4 is 0 Å². The molecule has 0 spiro atoms. The molecule has 0 atom stereocenters. The van der Waals surface area contributed by atoms with Gasteiger partial charge >= 0.3 is 0 Å². The van der Waals surface area contributed by atoms with Gasteiger partial charge in [0.15, 0.2) is 0 Å². The third-order valence-corrected chi connectivity index (χ3v) is 2.92. The Labute approximate surface area is 109 Å². The van der Waals surface area contributed by atoms with Crippen LogP contribution in [0.3, 0.4) is 0 Å². The molecule has 3 aromatic rings. The summed E-state index contributed by atoms with van der Waals surface area (Å²) in [4.78, 5) is 12.6. The monoisotopic (exact) mass is 255 g/mol. The lowest BCUT2D eigenvalue weighted by Gasteiger charge is -2.02. The average Bonchev–Trinajstić information content (AvgIpc) is 2.39. The molecule has 0 aliphatic rings. The fourth-order valence-electron chi connectivity index (χ4n) is 1.86. The van der Waals surface area contributed by atoms with E-state index in [0.717, 1.165) is 22.3 Å². The van der Waals surface area contributed by atoms with Crippen molar-refractivity contribution in [3.05, 3.63) is 65.3 Å². The number of benzene rings is 1. The minimum atomic E-state index is 0.459. The zero-order chi connectivity index (χ0) is 12.4. The molecule has 0 unspecified atom stereocenters. The normalized spacial score (nSPS) is 10.7. The largest absolute Gasteiger partial charge is 0.252 e. The lowest BCUT2D eigenvalue weighted by Crippen LogP contribution is -1.96. The van der Waals surface area contributed by atoms with Crippen LogP contribution in [-0.4, -0.2) is 15.0 Å². The van der Waals surface area contributed by atoms with Crippen LogP contribution in [0, 0.1) is 0 Å². The van der Waals surface area contributed by atoms with E-state index in [1.54, 1.807) is 6.07 Å². The van der Waals surface area contributed by atoms with Crippen molar-refractivity contribution in [1.29, 1.82) is 0 Å². The second-order valence-corrected chi connectivity index (χ2v) is 4.39. The number of hydrogen-bond acceptors (Lipinski definition) is 3. The number of pyridine rings is 1. The molecule has 0 aliphatic carbocycles. The minimum Gasteiger partial charge on any atom is -0.252 e. The van der Waals surface area contributed by atoms with Crippen molar-refractivity contribution in [2.75, 3.05) is 0 Å². The molecule has 0 saturated heterocycles. The molecular formula is C14H10ClN3. The van der Waals surface area contributed by atoms with Gasteiger partial charge in [-0.1, -0.05) is 35.9 Å². The molecule has 88 valence electrons. The predicted molar refractivity (Wildman–Crippen MR) is 71.6 cm³/mol. The van der Waals surface area contributed by atoms with Crippen molar-refractivity contribution in [2.24, 2.45) is 0 Å². The summed E-state index contributed by atoms with van der Waals surface area (Å²) in [5, 5.41) is 1.60. The lowest BCUT2D eigenvalue weighted by molar-refractivity contribution is 0.996. The molecule has 2 aromatic heterocycles. The van der Waals surface area contributed by atoms with Crippen molar-refractivity contribution in [3.8, 4) is 0 Å². The molecule has 0 saturated carbocycles. The van der Waals surface area contributed by atoms with E-state index in [9.17, 15) is 0 Å². The first-order chi connectivity index (χ1) is 8.81. The highest BCUT2D eigenvalue weighted by Crippen LogP contribution is 2.14. The van der Waals surface area contributed by atoms with Gasteiger partial charge in [-0.25, -0.2) is 9.97 Å². The van der Waals surface area contributed by atoms with Crippen molar-refractivity contribution < 1.29 is 0 Å². The van der Waals surface area contributed by atoms with Crippen LogP contribution in [0.1, 0.15) is 11.4 Å². The number of hydrogen-bond donors (Lipinski definition) is 0. The number of rotatable bonds is 2. The van der Waals surface area contributed by atoms with Crippen LogP contribution in [-0.2, 0) is 6.42 Å². The maximum absolute atomic E-state index is 5.83. The quantitative estimate of drug-likeness (QED) is 0.660. The van der Waals surface area contributed by atoms with Gasteiger partial charge in [0.1, 0.15) is 11.5 Å². The fraction of sp³-hybridized carbons (Fsp3) is 0.0714. The van der Waals surface area contributed by atoms with E-state index in [1.165, 1.54) is 6.33 Å². The Hall–Kier alpha value is -2.00. The Morgan fingerprint density at radius 2 is 1.83 bits per heavy atom. The van der Waals surface area contributed by atoms with Crippen molar-refractivity contribution in [1.82, 2.24) is 15.0 Å². The Morgan fingerprint density at radius 3 is 2.72 bits per heavy atom. The highest BCUT2D eigenvalue weighted by atomic mass is 35.5. The Kier molecular flexibility index (Phi) is 2.90. The van der Waals surface area contributed by atoms with Gasteiger partial charge in [0.2, 0.25) is 0 Å². The zero-order valence-corrected chi connectivity index (χ0v) is 10.3. The first-order valence-corrected chi connectivity index (χ1v) is 6.00. The second kappa shape index (κ2) is 4.70. The second-order valence-electron chi connectivity index (χ2n) is 4.00. The maximum atomic E-state index is 5.83. The molecular weight excluding hydrogens is 246 g/mol. The highest BCUT2D eigenvalue weighted by Gasteiger charge is 2.02. The molecule has 2 heterocycles. The van der Waals surface area contributed by atoms with Gasteiger partial charge in [0, 0.05) is 17.5 Å². The van der Waals surface area contributed by atoms with Gasteiger partial charge in [0.05, 0.1) is 11.2 Å². The smallest absolute Gasteiger partial charge is 0.132 e. The Bertz CT molecular complexity index is 697. The van der Waals surface area contributed by atoms with Crippen LogP contribution in [0.2, 0.25) is 5.15 Å². The van der Waals surface area contributed by atoms with E-state index in [4.69, 9.17) is 11.6 Å². The van der Waals surface area contributed by atoms with Gasteiger partial charge in [-0.2, -0.15) is 0 Å². The molecule has 1 aromatic carbocycles. The van der Waals surface area contributed by atoms with E-state index in [-0.39, 0.29) is 0 Å². The zero-order valence-electron chi connectivity index (χ0n) is 9.55. The topological polar surface area (TPSA) is 38.7 Å². The highest BCUT2D eigenvalue weighted by molar-refractivity contribution is 6.29. The first-order valence-electron chi connectivity index (χ1n) is 5.62. The van der Waals surface area contributed by atoms with Crippen LogP contribution in [0.15, 0.2) is 48.8 Å². The number of nitrogens with zero attached hydrogens (tertiary/aromatic N) is 3. The number of aromatic nitrogens is 3. The Morgan fingerprint density at radius 1 is 0.944 bits per heavy atom. The third kappa shape index (κ3) is 2.31. The molecule has 0 fully saturated rings. The molecule has 0 aliphatic heterocycles. The third-order valence-electron chi connectivity index (χ3n) is 2.71. The Balaban J connectivity index is 1.95. The maximum Gasteiger partial charge on any atom is 0.132 e. The summed E-state index contributed by atoms with van der Waals surface area (Å²) in [6.45, 7) is 0. The summed E-state index contributed by atoms with van der Waals surface area (Å²) in [7, 11) is 0. The SMILES string of the molecule is Clc1cc(Cc2ccc3ccccc3n2)ncn1. The number of para-hydroxylation sites is 1. The fourth-order valence-corrected chi connectivity index (χ4v) is 2.03. The molecule has 18 heavy (non-hydrogen) atoms. The van der Waals surface area contributed by atoms with Crippen LogP contribution in [0.5, 0.6) is 0 Å². The predicted octanol–water partition coefficient (Wildman–Crippen LogP) is 3.27. The van der Waals surface area contributed by atoms with Crippen LogP contribution in [0.25, 0.3) is 10.9 Å². The van der Waals surface area contributed by atoms with Gasteiger partial charge in [-0.05, 0) is 18.2 Å². The van der Waals surface area contributed by atoms with Gasteiger partial charge < -0.3 is 0 Å². The van der Waals surface area contributed by atoms with Crippen molar-refractivity contribution in [3.63, 3.8) is 0 Å². The summed E-state index contributed by atoms with van der Waals surface area (Å²) in [6, 6.07) is 13.9. The van der Waals surface area contributed by atoms with Gasteiger partial charge in [-0.3, -0.25) is 4.98 Å². The average molecular weight is 256 g/mol. The summed E-state index contributed by atoms with van der Waals surface area (Å²) < 4.78 is 0. The van der Waals surface area contributed by atoms with Crippen LogP contribution >= 0.6 is 11.6 Å². The molecule has 3 nitrogen and oxygen atoms in total. The number of halogens is 1.